The molecule has 5 heteroatoms. The summed E-state index contributed by atoms with van der Waals surface area (Å²) < 4.78 is 34.2. The van der Waals surface area contributed by atoms with E-state index in [9.17, 15) is 12.8 Å². The smallest absolute Gasteiger partial charge is 0.152 e. The second-order valence-electron chi connectivity index (χ2n) is 3.19. The van der Waals surface area contributed by atoms with Crippen LogP contribution in [0.4, 0.5) is 4.39 Å². The molecular weight excluding hydrogens is 169 g/mol. The van der Waals surface area contributed by atoms with Gasteiger partial charge in [0.15, 0.2) is 9.84 Å². The van der Waals surface area contributed by atoms with E-state index in [0.29, 0.717) is 12.8 Å². The Morgan fingerprint density at radius 3 is 2.55 bits per heavy atom. The number of hydrogen-bond acceptors (Lipinski definition) is 3. The van der Waals surface area contributed by atoms with E-state index in [4.69, 9.17) is 5.73 Å². The number of hydrogen-bond donors (Lipinski definition) is 1. The lowest BCUT2D eigenvalue weighted by Crippen LogP contribution is -2.51. The first-order valence-electron chi connectivity index (χ1n) is 3.53. The Bertz CT molecular complexity index is 239. The summed E-state index contributed by atoms with van der Waals surface area (Å²) in [7, 11) is -3.07. The minimum atomic E-state index is -3.07. The molecule has 1 fully saturated rings. The molecule has 3 nitrogen and oxygen atoms in total. The van der Waals surface area contributed by atoms with E-state index >= 15 is 0 Å². The molecule has 0 aliphatic carbocycles. The van der Waals surface area contributed by atoms with Gasteiger partial charge in [0.1, 0.15) is 6.67 Å². The highest BCUT2D eigenvalue weighted by Gasteiger charge is 2.35. The summed E-state index contributed by atoms with van der Waals surface area (Å²) in [6.45, 7) is -0.744. The molecule has 1 heterocycles. The van der Waals surface area contributed by atoms with Gasteiger partial charge in [-0.25, -0.2) is 12.8 Å². The van der Waals surface area contributed by atoms with Crippen LogP contribution >= 0.6 is 0 Å². The topological polar surface area (TPSA) is 60.2 Å². The third kappa shape index (κ3) is 2.13. The van der Waals surface area contributed by atoms with Crippen molar-refractivity contribution >= 4 is 9.84 Å². The van der Waals surface area contributed by atoms with Gasteiger partial charge in [0, 0.05) is 0 Å². The Morgan fingerprint density at radius 1 is 1.55 bits per heavy atom. The van der Waals surface area contributed by atoms with Gasteiger partial charge in [-0.05, 0) is 12.8 Å². The van der Waals surface area contributed by atoms with Gasteiger partial charge < -0.3 is 5.73 Å². The molecule has 0 aromatic rings. The molecular formula is C6H12FNO2S. The summed E-state index contributed by atoms with van der Waals surface area (Å²) in [6, 6.07) is 0. The van der Waals surface area contributed by atoms with Gasteiger partial charge in [0.05, 0.1) is 17.0 Å². The summed E-state index contributed by atoms with van der Waals surface area (Å²) in [6.07, 6.45) is 0.964. The van der Waals surface area contributed by atoms with Gasteiger partial charge in [-0.3, -0.25) is 0 Å². The van der Waals surface area contributed by atoms with Gasteiger partial charge >= 0.3 is 0 Å². The van der Waals surface area contributed by atoms with Gasteiger partial charge in [0.2, 0.25) is 0 Å². The van der Waals surface area contributed by atoms with E-state index in [0.717, 1.165) is 0 Å². The van der Waals surface area contributed by atoms with Crippen molar-refractivity contribution in [3.05, 3.63) is 0 Å². The largest absolute Gasteiger partial charge is 0.322 e. The number of rotatable bonds is 1. The van der Waals surface area contributed by atoms with Crippen LogP contribution in [-0.2, 0) is 9.84 Å². The van der Waals surface area contributed by atoms with Crippen LogP contribution in [0.15, 0.2) is 0 Å². The standard InChI is InChI=1S/C6H12FNO2S/c7-4-6(8)2-1-3-11(9,10)5-6/h1-5,8H2. The molecule has 66 valence electrons. The molecule has 1 aliphatic rings. The molecule has 1 atom stereocenters. The molecule has 1 unspecified atom stereocenters. The van der Waals surface area contributed by atoms with Gasteiger partial charge in [-0.15, -0.1) is 0 Å². The van der Waals surface area contributed by atoms with E-state index in [-0.39, 0.29) is 11.5 Å². The Labute approximate surface area is 65.7 Å². The van der Waals surface area contributed by atoms with Crippen LogP contribution in [0.5, 0.6) is 0 Å². The summed E-state index contributed by atoms with van der Waals surface area (Å²) >= 11 is 0. The molecule has 0 radical (unpaired) electrons. The predicted octanol–water partition coefficient (Wildman–Crippen LogP) is -0.138. The molecule has 1 saturated heterocycles. The van der Waals surface area contributed by atoms with Crippen LogP contribution in [-0.4, -0.2) is 32.1 Å². The van der Waals surface area contributed by atoms with E-state index in [1.54, 1.807) is 0 Å². The normalized spacial score (nSPS) is 36.9. The minimum Gasteiger partial charge on any atom is -0.322 e. The summed E-state index contributed by atoms with van der Waals surface area (Å²) in [5.41, 5.74) is 4.38. The molecule has 0 bridgehead atoms. The lowest BCUT2D eigenvalue weighted by atomic mass is 9.99. The molecule has 0 saturated carbocycles. The molecule has 0 spiro atoms. The van der Waals surface area contributed by atoms with Gasteiger partial charge in [-0.2, -0.15) is 0 Å². The summed E-state index contributed by atoms with van der Waals surface area (Å²) in [4.78, 5) is 0. The molecule has 0 aromatic heterocycles. The third-order valence-corrected chi connectivity index (χ3v) is 3.83. The zero-order valence-electron chi connectivity index (χ0n) is 6.22. The fourth-order valence-electron chi connectivity index (χ4n) is 1.33. The predicted molar refractivity (Wildman–Crippen MR) is 40.8 cm³/mol. The van der Waals surface area contributed by atoms with Gasteiger partial charge in [0.25, 0.3) is 0 Å². The van der Waals surface area contributed by atoms with Crippen molar-refractivity contribution in [3.8, 4) is 0 Å². The van der Waals surface area contributed by atoms with Crippen LogP contribution in [0.2, 0.25) is 0 Å². The lowest BCUT2D eigenvalue weighted by molar-refractivity contribution is 0.303. The number of alkyl halides is 1. The Balaban J connectivity index is 2.75. The van der Waals surface area contributed by atoms with Crippen LogP contribution in [0.1, 0.15) is 12.8 Å². The molecule has 2 N–H and O–H groups in total. The van der Waals surface area contributed by atoms with E-state index in [2.05, 4.69) is 0 Å². The quantitative estimate of drug-likeness (QED) is 0.612. The third-order valence-electron chi connectivity index (χ3n) is 1.90. The fraction of sp³-hybridized carbons (Fsp3) is 1.00. The first-order valence-corrected chi connectivity index (χ1v) is 5.35. The van der Waals surface area contributed by atoms with Crippen LogP contribution in [0, 0.1) is 0 Å². The maximum atomic E-state index is 12.2. The SMILES string of the molecule is NC1(CF)CCCS(=O)(=O)C1. The molecule has 0 aromatic carbocycles. The van der Waals surface area contributed by atoms with Crippen molar-refractivity contribution in [2.75, 3.05) is 18.2 Å². The van der Waals surface area contributed by atoms with Crippen LogP contribution in [0.3, 0.4) is 0 Å². The number of halogens is 1. The first kappa shape index (κ1) is 8.93. The van der Waals surface area contributed by atoms with Crippen molar-refractivity contribution in [1.82, 2.24) is 0 Å². The van der Waals surface area contributed by atoms with E-state index in [1.807, 2.05) is 0 Å². The van der Waals surface area contributed by atoms with Crippen molar-refractivity contribution in [2.24, 2.45) is 5.73 Å². The lowest BCUT2D eigenvalue weighted by Gasteiger charge is -2.29. The molecule has 0 amide bonds. The maximum absolute atomic E-state index is 12.2. The van der Waals surface area contributed by atoms with E-state index < -0.39 is 22.1 Å². The summed E-state index contributed by atoms with van der Waals surface area (Å²) in [5.74, 6) is -0.0392. The Kier molecular flexibility index (Phi) is 2.20. The van der Waals surface area contributed by atoms with Crippen molar-refractivity contribution in [3.63, 3.8) is 0 Å². The number of sulfone groups is 1. The van der Waals surface area contributed by atoms with Crippen molar-refractivity contribution in [1.29, 1.82) is 0 Å². The highest BCUT2D eigenvalue weighted by atomic mass is 32.2. The van der Waals surface area contributed by atoms with Crippen LogP contribution < -0.4 is 5.73 Å². The van der Waals surface area contributed by atoms with Gasteiger partial charge in [-0.1, -0.05) is 0 Å². The first-order chi connectivity index (χ1) is 4.97. The average Bonchev–Trinajstić information content (AvgIpc) is 1.85. The highest BCUT2D eigenvalue weighted by molar-refractivity contribution is 7.91. The van der Waals surface area contributed by atoms with Crippen molar-refractivity contribution in [2.45, 2.75) is 18.4 Å². The molecule has 1 rings (SSSR count). The Hall–Kier alpha value is -0.160. The van der Waals surface area contributed by atoms with Crippen molar-refractivity contribution < 1.29 is 12.8 Å². The second kappa shape index (κ2) is 2.71. The zero-order valence-corrected chi connectivity index (χ0v) is 7.03. The molecule has 1 aliphatic heterocycles. The monoisotopic (exact) mass is 181 g/mol. The molecule has 11 heavy (non-hydrogen) atoms. The number of nitrogens with two attached hydrogens (primary N) is 1. The maximum Gasteiger partial charge on any atom is 0.152 e. The Morgan fingerprint density at radius 2 is 2.18 bits per heavy atom. The van der Waals surface area contributed by atoms with Crippen LogP contribution in [0.25, 0.3) is 0 Å². The average molecular weight is 181 g/mol. The van der Waals surface area contributed by atoms with E-state index in [1.165, 1.54) is 0 Å². The highest BCUT2D eigenvalue weighted by Crippen LogP contribution is 2.20. The fourth-order valence-corrected chi connectivity index (χ4v) is 3.16. The summed E-state index contributed by atoms with van der Waals surface area (Å²) in [5, 5.41) is 0. The second-order valence-corrected chi connectivity index (χ2v) is 5.38. The minimum absolute atomic E-state index is 0.159. The zero-order chi connectivity index (χ0) is 8.54.